The van der Waals surface area contributed by atoms with E-state index in [9.17, 15) is 4.79 Å². The number of rotatable bonds is 3. The fourth-order valence-electron chi connectivity index (χ4n) is 4.03. The van der Waals surface area contributed by atoms with E-state index in [0.29, 0.717) is 23.6 Å². The fraction of sp³-hybridized carbons (Fsp3) is 0.611. The summed E-state index contributed by atoms with van der Waals surface area (Å²) in [4.78, 5) is 15.3. The Morgan fingerprint density at radius 1 is 1.30 bits per heavy atom. The molecule has 0 spiro atoms. The topological polar surface area (TPSA) is 46.3 Å². The molecule has 23 heavy (non-hydrogen) atoms. The first-order valence-corrected chi connectivity index (χ1v) is 9.44. The Kier molecular flexibility index (Phi) is 6.81. The Labute approximate surface area is 149 Å². The molecule has 1 amide bonds. The lowest BCUT2D eigenvalue weighted by atomic mass is 9.92. The summed E-state index contributed by atoms with van der Waals surface area (Å²) in [5.74, 6) is 1.91. The van der Waals surface area contributed by atoms with Crippen molar-refractivity contribution in [3.05, 3.63) is 35.9 Å². The van der Waals surface area contributed by atoms with Gasteiger partial charge in [0, 0.05) is 23.5 Å². The van der Waals surface area contributed by atoms with Crippen LogP contribution in [0, 0.1) is 11.8 Å². The first kappa shape index (κ1) is 18.6. The lowest BCUT2D eigenvalue weighted by Crippen LogP contribution is -2.47. The third-order valence-electron chi connectivity index (χ3n) is 5.20. The summed E-state index contributed by atoms with van der Waals surface area (Å²) in [7, 11) is 0. The Morgan fingerprint density at radius 2 is 2.04 bits per heavy atom. The van der Waals surface area contributed by atoms with E-state index in [0.717, 1.165) is 31.6 Å². The van der Waals surface area contributed by atoms with Crippen molar-refractivity contribution in [2.24, 2.45) is 17.6 Å². The van der Waals surface area contributed by atoms with E-state index >= 15 is 0 Å². The molecule has 3 rings (SSSR count). The largest absolute Gasteiger partial charge is 0.333 e. The summed E-state index contributed by atoms with van der Waals surface area (Å²) < 4.78 is 0. The van der Waals surface area contributed by atoms with Crippen LogP contribution in [0.5, 0.6) is 0 Å². The second-order valence-corrected chi connectivity index (χ2v) is 7.98. The van der Waals surface area contributed by atoms with Crippen molar-refractivity contribution in [2.45, 2.75) is 37.5 Å². The number of carbonyl (C=O) groups excluding carboxylic acids is 1. The van der Waals surface area contributed by atoms with Gasteiger partial charge in [-0.25, -0.2) is 0 Å². The summed E-state index contributed by atoms with van der Waals surface area (Å²) in [6.07, 6.45) is 3.27. The standard InChI is InChI=1S/C18H26N2OS.ClH/c1-13-17(14-6-3-2-4-7-14)20(10-11-22-13)18(21)16-9-5-8-15(16)12-19;/h2-4,6-7,13,15-17H,5,8-12,19H2,1H3;1H/t13?,15-,16-,17?;/m1./s1. The minimum Gasteiger partial charge on any atom is -0.333 e. The van der Waals surface area contributed by atoms with Crippen molar-refractivity contribution in [3.63, 3.8) is 0 Å². The number of carbonyl (C=O) groups is 1. The third-order valence-corrected chi connectivity index (χ3v) is 6.40. The van der Waals surface area contributed by atoms with Gasteiger partial charge < -0.3 is 10.6 Å². The number of nitrogens with zero attached hydrogens (tertiary/aromatic N) is 1. The van der Waals surface area contributed by atoms with Gasteiger partial charge in [0.05, 0.1) is 6.04 Å². The zero-order valence-electron chi connectivity index (χ0n) is 13.7. The van der Waals surface area contributed by atoms with Gasteiger partial charge in [-0.05, 0) is 30.9 Å². The van der Waals surface area contributed by atoms with Crippen molar-refractivity contribution >= 4 is 30.1 Å². The van der Waals surface area contributed by atoms with Crippen LogP contribution in [0.3, 0.4) is 0 Å². The molecule has 4 atom stereocenters. The third kappa shape index (κ3) is 3.86. The molecule has 1 saturated heterocycles. The monoisotopic (exact) mass is 354 g/mol. The predicted molar refractivity (Wildman–Crippen MR) is 99.9 cm³/mol. The molecule has 1 heterocycles. The maximum atomic E-state index is 13.2. The average molecular weight is 355 g/mol. The molecule has 0 bridgehead atoms. The van der Waals surface area contributed by atoms with Crippen LogP contribution in [0.15, 0.2) is 30.3 Å². The normalized spacial score (nSPS) is 30.8. The summed E-state index contributed by atoms with van der Waals surface area (Å²) >= 11 is 1.97. The van der Waals surface area contributed by atoms with E-state index < -0.39 is 0 Å². The maximum Gasteiger partial charge on any atom is 0.226 e. The number of nitrogens with two attached hydrogens (primary N) is 1. The summed E-state index contributed by atoms with van der Waals surface area (Å²) in [5.41, 5.74) is 7.15. The van der Waals surface area contributed by atoms with Gasteiger partial charge in [0.25, 0.3) is 0 Å². The number of amides is 1. The molecule has 2 aliphatic rings. The summed E-state index contributed by atoms with van der Waals surface area (Å²) in [6, 6.07) is 10.7. The molecule has 2 unspecified atom stereocenters. The smallest absolute Gasteiger partial charge is 0.226 e. The van der Waals surface area contributed by atoms with Gasteiger partial charge >= 0.3 is 0 Å². The van der Waals surface area contributed by atoms with Crippen molar-refractivity contribution < 1.29 is 4.79 Å². The molecule has 128 valence electrons. The number of benzene rings is 1. The van der Waals surface area contributed by atoms with Crippen LogP contribution in [0.25, 0.3) is 0 Å². The lowest BCUT2D eigenvalue weighted by Gasteiger charge is -2.41. The van der Waals surface area contributed by atoms with Gasteiger partial charge in [-0.1, -0.05) is 43.7 Å². The highest BCUT2D eigenvalue weighted by Crippen LogP contribution is 2.40. The average Bonchev–Trinajstić information content (AvgIpc) is 3.03. The number of hydrogen-bond acceptors (Lipinski definition) is 3. The second kappa shape index (κ2) is 8.41. The Bertz CT molecular complexity index is 513. The molecule has 1 saturated carbocycles. The maximum absolute atomic E-state index is 13.2. The second-order valence-electron chi connectivity index (χ2n) is 6.50. The SMILES string of the molecule is CC1SCCN(C(=O)[C@@H]2CCC[C@@H]2CN)C1c1ccccc1.Cl. The van der Waals surface area contributed by atoms with Gasteiger partial charge in [0.1, 0.15) is 0 Å². The zero-order valence-corrected chi connectivity index (χ0v) is 15.3. The van der Waals surface area contributed by atoms with Gasteiger partial charge in [-0.3, -0.25) is 4.79 Å². The predicted octanol–water partition coefficient (Wildman–Crippen LogP) is 3.49. The van der Waals surface area contributed by atoms with Gasteiger partial charge in [-0.2, -0.15) is 11.8 Å². The van der Waals surface area contributed by atoms with Crippen molar-refractivity contribution in [1.82, 2.24) is 4.90 Å². The summed E-state index contributed by atoms with van der Waals surface area (Å²) in [5, 5.41) is 0.442. The minimum absolute atomic E-state index is 0. The Hall–Kier alpha value is -0.710. The molecule has 5 heteroatoms. The van der Waals surface area contributed by atoms with Gasteiger partial charge in [0.2, 0.25) is 5.91 Å². The number of hydrogen-bond donors (Lipinski definition) is 1. The Morgan fingerprint density at radius 3 is 2.74 bits per heavy atom. The van der Waals surface area contributed by atoms with E-state index in [4.69, 9.17) is 5.73 Å². The van der Waals surface area contributed by atoms with Crippen LogP contribution in [0.2, 0.25) is 0 Å². The van der Waals surface area contributed by atoms with E-state index in [-0.39, 0.29) is 24.4 Å². The molecule has 2 N–H and O–H groups in total. The first-order valence-electron chi connectivity index (χ1n) is 8.39. The van der Waals surface area contributed by atoms with Crippen LogP contribution >= 0.6 is 24.2 Å². The van der Waals surface area contributed by atoms with Crippen molar-refractivity contribution in [1.29, 1.82) is 0 Å². The van der Waals surface area contributed by atoms with Crippen LogP contribution in [0.4, 0.5) is 0 Å². The van der Waals surface area contributed by atoms with Crippen molar-refractivity contribution in [2.75, 3.05) is 18.8 Å². The molecule has 1 aliphatic heterocycles. The van der Waals surface area contributed by atoms with Crippen LogP contribution < -0.4 is 5.73 Å². The van der Waals surface area contributed by atoms with E-state index in [1.165, 1.54) is 5.56 Å². The van der Waals surface area contributed by atoms with Crippen LogP contribution in [-0.4, -0.2) is 34.9 Å². The lowest BCUT2D eigenvalue weighted by molar-refractivity contribution is -0.139. The van der Waals surface area contributed by atoms with E-state index in [1.807, 2.05) is 17.8 Å². The first-order chi connectivity index (χ1) is 10.7. The highest BCUT2D eigenvalue weighted by molar-refractivity contribution is 8.00. The number of thioether (sulfide) groups is 1. The van der Waals surface area contributed by atoms with Crippen LogP contribution in [0.1, 0.15) is 37.8 Å². The molecular formula is C18H27ClN2OS. The number of halogens is 1. The van der Waals surface area contributed by atoms with E-state index in [2.05, 4.69) is 36.1 Å². The molecule has 1 aromatic rings. The minimum atomic E-state index is 0. The van der Waals surface area contributed by atoms with Gasteiger partial charge in [-0.15, -0.1) is 12.4 Å². The molecule has 1 aromatic carbocycles. The summed E-state index contributed by atoms with van der Waals surface area (Å²) in [6.45, 7) is 3.75. The molecule has 3 nitrogen and oxygen atoms in total. The highest BCUT2D eigenvalue weighted by Gasteiger charge is 2.40. The molecule has 1 aliphatic carbocycles. The van der Waals surface area contributed by atoms with Crippen molar-refractivity contribution in [3.8, 4) is 0 Å². The van der Waals surface area contributed by atoms with E-state index in [1.54, 1.807) is 0 Å². The molecular weight excluding hydrogens is 328 g/mol. The fourth-order valence-corrected chi connectivity index (χ4v) is 5.19. The highest BCUT2D eigenvalue weighted by atomic mass is 35.5. The molecule has 2 fully saturated rings. The molecule has 0 radical (unpaired) electrons. The Balaban J connectivity index is 0.00000192. The zero-order chi connectivity index (χ0) is 15.5. The van der Waals surface area contributed by atoms with Gasteiger partial charge in [0.15, 0.2) is 0 Å². The van der Waals surface area contributed by atoms with Crippen LogP contribution in [-0.2, 0) is 4.79 Å². The molecule has 0 aromatic heterocycles. The quantitative estimate of drug-likeness (QED) is 0.903.